The molecule has 1 atom stereocenters. The lowest BCUT2D eigenvalue weighted by Gasteiger charge is -2.44. The molecule has 0 aromatic heterocycles. The summed E-state index contributed by atoms with van der Waals surface area (Å²) >= 11 is 11.8. The molecule has 2 N–H and O–H groups in total. The average molecular weight is 437 g/mol. The molecule has 2 aliphatic rings. The Balaban J connectivity index is 1.81. The Labute approximate surface area is 171 Å². The zero-order valence-corrected chi connectivity index (χ0v) is 16.7. The Kier molecular flexibility index (Phi) is 4.30. The number of sulfone groups is 1. The third kappa shape index (κ3) is 2.57. The molecule has 2 fully saturated rings. The van der Waals surface area contributed by atoms with Crippen molar-refractivity contribution in [2.24, 2.45) is 0 Å². The molecule has 0 saturated carbocycles. The lowest BCUT2D eigenvalue weighted by molar-refractivity contribution is -0.150. The van der Waals surface area contributed by atoms with Crippen molar-refractivity contribution in [3.8, 4) is 0 Å². The van der Waals surface area contributed by atoms with Gasteiger partial charge in [0, 0.05) is 21.3 Å². The van der Waals surface area contributed by atoms with Gasteiger partial charge in [0.05, 0.1) is 17.9 Å². The minimum absolute atomic E-state index is 0.0636. The number of halogens is 2. The van der Waals surface area contributed by atoms with Gasteiger partial charge in [-0.3, -0.25) is 9.59 Å². The summed E-state index contributed by atoms with van der Waals surface area (Å²) in [7, 11) is -4.14. The summed E-state index contributed by atoms with van der Waals surface area (Å²) in [4.78, 5) is 24.4. The van der Waals surface area contributed by atoms with E-state index in [1.54, 1.807) is 18.2 Å². The highest BCUT2D eigenvalue weighted by Crippen LogP contribution is 2.48. The Morgan fingerprint density at radius 1 is 1.04 bits per heavy atom. The van der Waals surface area contributed by atoms with Crippen LogP contribution in [0, 0.1) is 0 Å². The Bertz CT molecular complexity index is 1160. The van der Waals surface area contributed by atoms with Crippen LogP contribution in [-0.2, 0) is 19.4 Å². The monoisotopic (exact) mass is 436 g/mol. The number of carbonyl (C=O) groups is 2. The van der Waals surface area contributed by atoms with E-state index in [1.807, 2.05) is 0 Å². The van der Waals surface area contributed by atoms with Gasteiger partial charge in [0.25, 0.3) is 0 Å². The van der Waals surface area contributed by atoms with Crippen LogP contribution in [0.25, 0.3) is 6.08 Å². The minimum atomic E-state index is -4.14. The molecule has 144 valence electrons. The standard InChI is InChI=1S/C19H14Cl2N2O4S/c20-13-1-4-15(5-2-13)28(26,27)19-9-17(24)23(19)10-12(18(19)25)7-11-8-14(21)3-6-16(11)22/h1-8H,9-10,22H2. The van der Waals surface area contributed by atoms with E-state index in [2.05, 4.69) is 0 Å². The van der Waals surface area contributed by atoms with Crippen molar-refractivity contribution in [3.63, 3.8) is 0 Å². The van der Waals surface area contributed by atoms with E-state index in [1.165, 1.54) is 30.3 Å². The molecule has 4 rings (SSSR count). The van der Waals surface area contributed by atoms with Crippen LogP contribution in [0.1, 0.15) is 12.0 Å². The molecule has 1 amide bonds. The summed E-state index contributed by atoms with van der Waals surface area (Å²) in [5, 5.41) is 0.794. The smallest absolute Gasteiger partial charge is 0.228 e. The van der Waals surface area contributed by atoms with Gasteiger partial charge in [-0.05, 0) is 54.1 Å². The number of fused-ring (bicyclic) bond motifs is 1. The molecular weight excluding hydrogens is 423 g/mol. The van der Waals surface area contributed by atoms with Gasteiger partial charge in [-0.1, -0.05) is 23.2 Å². The van der Waals surface area contributed by atoms with Gasteiger partial charge in [0.15, 0.2) is 0 Å². The van der Waals surface area contributed by atoms with Gasteiger partial charge < -0.3 is 10.6 Å². The molecule has 6 nitrogen and oxygen atoms in total. The summed E-state index contributed by atoms with van der Waals surface area (Å²) < 4.78 is 26.5. The Morgan fingerprint density at radius 2 is 1.68 bits per heavy atom. The first-order valence-corrected chi connectivity index (χ1v) is 10.5. The maximum atomic E-state index is 13.3. The number of hydrogen-bond acceptors (Lipinski definition) is 5. The van der Waals surface area contributed by atoms with Crippen molar-refractivity contribution >= 4 is 56.5 Å². The number of rotatable bonds is 3. The molecule has 28 heavy (non-hydrogen) atoms. The SMILES string of the molecule is Nc1ccc(Cl)cc1C=C1CN2C(=O)CC2(S(=O)(=O)c2ccc(Cl)cc2)C1=O. The minimum Gasteiger partial charge on any atom is -0.398 e. The van der Waals surface area contributed by atoms with Crippen molar-refractivity contribution in [2.75, 3.05) is 12.3 Å². The fourth-order valence-corrected chi connectivity index (χ4v) is 5.89. The highest BCUT2D eigenvalue weighted by molar-refractivity contribution is 7.93. The van der Waals surface area contributed by atoms with Crippen molar-refractivity contribution in [2.45, 2.75) is 16.2 Å². The number of carbonyl (C=O) groups excluding carboxylic acids is 2. The molecule has 1 unspecified atom stereocenters. The number of anilines is 1. The number of β-lactam (4-membered cyclic amide) rings is 1. The lowest BCUT2D eigenvalue weighted by atomic mass is 9.99. The van der Waals surface area contributed by atoms with E-state index in [9.17, 15) is 18.0 Å². The highest BCUT2D eigenvalue weighted by Gasteiger charge is 2.69. The van der Waals surface area contributed by atoms with Crippen molar-refractivity contribution in [3.05, 3.63) is 63.6 Å². The van der Waals surface area contributed by atoms with Gasteiger partial charge in [-0.25, -0.2) is 8.42 Å². The molecule has 0 bridgehead atoms. The fraction of sp³-hybridized carbons (Fsp3) is 0.158. The first-order valence-electron chi connectivity index (χ1n) is 8.28. The van der Waals surface area contributed by atoms with E-state index >= 15 is 0 Å². The third-order valence-electron chi connectivity index (χ3n) is 5.05. The number of benzene rings is 2. The Hall–Kier alpha value is -2.35. The van der Waals surface area contributed by atoms with Crippen LogP contribution in [0.5, 0.6) is 0 Å². The second kappa shape index (κ2) is 6.34. The number of hydrogen-bond donors (Lipinski definition) is 1. The molecular formula is C19H14Cl2N2O4S. The normalized spacial score (nSPS) is 23.1. The molecule has 0 spiro atoms. The predicted octanol–water partition coefficient (Wildman–Crippen LogP) is 2.94. The number of amides is 1. The quantitative estimate of drug-likeness (QED) is 0.453. The van der Waals surface area contributed by atoms with Gasteiger partial charge in [-0.2, -0.15) is 0 Å². The maximum Gasteiger partial charge on any atom is 0.228 e. The summed E-state index contributed by atoms with van der Waals surface area (Å²) in [6.45, 7) is -0.101. The van der Waals surface area contributed by atoms with Gasteiger partial charge in [0.2, 0.25) is 26.4 Å². The fourth-order valence-electron chi connectivity index (χ4n) is 3.56. The number of nitrogen functional groups attached to an aromatic ring is 1. The van der Waals surface area contributed by atoms with Crippen LogP contribution in [0.3, 0.4) is 0 Å². The lowest BCUT2D eigenvalue weighted by Crippen LogP contribution is -2.67. The van der Waals surface area contributed by atoms with Crippen LogP contribution in [0.15, 0.2) is 52.9 Å². The first-order chi connectivity index (χ1) is 13.2. The maximum absolute atomic E-state index is 13.3. The highest BCUT2D eigenvalue weighted by atomic mass is 35.5. The van der Waals surface area contributed by atoms with E-state index in [0.717, 1.165) is 4.90 Å². The number of Topliss-reactive ketones (excluding diaryl/α,β-unsaturated/α-hetero) is 1. The number of ketones is 1. The average Bonchev–Trinajstić information content (AvgIpc) is 2.87. The second-order valence-electron chi connectivity index (χ2n) is 6.67. The van der Waals surface area contributed by atoms with E-state index < -0.39 is 26.4 Å². The Morgan fingerprint density at radius 3 is 2.32 bits per heavy atom. The molecule has 2 aliphatic heterocycles. The van der Waals surface area contributed by atoms with E-state index in [-0.39, 0.29) is 23.4 Å². The molecule has 2 aromatic rings. The molecule has 0 aliphatic carbocycles. The molecule has 9 heteroatoms. The van der Waals surface area contributed by atoms with Crippen LogP contribution in [-0.4, -0.2) is 36.4 Å². The zero-order valence-electron chi connectivity index (χ0n) is 14.4. The van der Waals surface area contributed by atoms with Crippen molar-refractivity contribution in [1.29, 1.82) is 0 Å². The molecule has 0 radical (unpaired) electrons. The predicted molar refractivity (Wildman–Crippen MR) is 107 cm³/mol. The van der Waals surface area contributed by atoms with E-state index in [4.69, 9.17) is 28.9 Å². The van der Waals surface area contributed by atoms with Crippen LogP contribution in [0.4, 0.5) is 5.69 Å². The van der Waals surface area contributed by atoms with Gasteiger partial charge in [-0.15, -0.1) is 0 Å². The topological polar surface area (TPSA) is 97.5 Å². The summed E-state index contributed by atoms with van der Waals surface area (Å²) in [5.74, 6) is -1.02. The van der Waals surface area contributed by atoms with Crippen molar-refractivity contribution < 1.29 is 18.0 Å². The van der Waals surface area contributed by atoms with Crippen LogP contribution < -0.4 is 5.73 Å². The number of nitrogens with two attached hydrogens (primary N) is 1. The largest absolute Gasteiger partial charge is 0.398 e. The summed E-state index contributed by atoms with van der Waals surface area (Å²) in [5.41, 5.74) is 6.99. The van der Waals surface area contributed by atoms with Gasteiger partial charge >= 0.3 is 0 Å². The van der Waals surface area contributed by atoms with Crippen LogP contribution >= 0.6 is 23.2 Å². The van der Waals surface area contributed by atoms with Crippen LogP contribution in [0.2, 0.25) is 10.0 Å². The molecule has 2 heterocycles. The van der Waals surface area contributed by atoms with Crippen molar-refractivity contribution in [1.82, 2.24) is 4.90 Å². The van der Waals surface area contributed by atoms with Gasteiger partial charge in [0.1, 0.15) is 0 Å². The molecule has 2 saturated heterocycles. The summed E-state index contributed by atoms with van der Waals surface area (Å²) in [6.07, 6.45) is 1.10. The summed E-state index contributed by atoms with van der Waals surface area (Å²) in [6, 6.07) is 10.3. The van der Waals surface area contributed by atoms with E-state index in [0.29, 0.717) is 21.3 Å². The second-order valence-corrected chi connectivity index (χ2v) is 9.70. The first kappa shape index (κ1) is 19.0. The third-order valence-corrected chi connectivity index (χ3v) is 7.87. The molecule has 2 aromatic carbocycles. The number of nitrogens with zero attached hydrogens (tertiary/aromatic N) is 1. The zero-order chi connectivity index (χ0) is 20.3.